The van der Waals surface area contributed by atoms with Crippen molar-refractivity contribution in [1.82, 2.24) is 24.9 Å². The number of unbranched alkanes of at least 4 members (excludes halogenated alkanes) is 2. The van der Waals surface area contributed by atoms with Gasteiger partial charge in [-0.25, -0.2) is 22.8 Å². The van der Waals surface area contributed by atoms with Gasteiger partial charge in [0, 0.05) is 36.8 Å². The maximum atomic E-state index is 13.7. The third-order valence-electron chi connectivity index (χ3n) is 7.70. The smallest absolute Gasteiger partial charge is 0.266 e. The number of hydrogen-bond donors (Lipinski definition) is 1. The minimum absolute atomic E-state index is 0.0648. The van der Waals surface area contributed by atoms with Gasteiger partial charge in [-0.3, -0.25) is 4.98 Å². The summed E-state index contributed by atoms with van der Waals surface area (Å²) in [6.45, 7) is 9.54. The van der Waals surface area contributed by atoms with Crippen LogP contribution < -0.4 is 4.72 Å². The molecular weight excluding hydrogens is 564 g/mol. The molecule has 0 unspecified atom stereocenters. The first-order chi connectivity index (χ1) is 20.8. The van der Waals surface area contributed by atoms with E-state index < -0.39 is 10.0 Å². The van der Waals surface area contributed by atoms with E-state index in [2.05, 4.69) is 34.8 Å². The molecule has 230 valence electrons. The summed E-state index contributed by atoms with van der Waals surface area (Å²) in [5.74, 6) is 2.35. The Morgan fingerprint density at radius 1 is 1.09 bits per heavy atom. The Morgan fingerprint density at radius 3 is 2.63 bits per heavy atom. The molecule has 1 aliphatic rings. The van der Waals surface area contributed by atoms with E-state index in [4.69, 9.17) is 19.3 Å². The number of nitrogens with zero attached hydrogens (tertiary/aromatic N) is 5. The minimum Gasteiger partial charge on any atom is -0.377 e. The molecule has 1 saturated carbocycles. The summed E-state index contributed by atoms with van der Waals surface area (Å²) in [6.07, 6.45) is 9.66. The van der Waals surface area contributed by atoms with Crippen molar-refractivity contribution >= 4 is 15.9 Å². The first-order valence-corrected chi connectivity index (χ1v) is 16.9. The van der Waals surface area contributed by atoms with E-state index in [0.29, 0.717) is 36.7 Å². The first-order valence-electron chi connectivity index (χ1n) is 15.4. The highest BCUT2D eigenvalue weighted by atomic mass is 32.2. The second-order valence-electron chi connectivity index (χ2n) is 11.2. The largest absolute Gasteiger partial charge is 0.377 e. The number of nitrogens with one attached hydrogen (secondary N) is 1. The van der Waals surface area contributed by atoms with E-state index in [1.807, 2.05) is 30.7 Å². The molecule has 43 heavy (non-hydrogen) atoms. The van der Waals surface area contributed by atoms with Crippen molar-refractivity contribution in [3.63, 3.8) is 0 Å². The Morgan fingerprint density at radius 2 is 1.88 bits per heavy atom. The molecule has 0 radical (unpaired) electrons. The summed E-state index contributed by atoms with van der Waals surface area (Å²) in [7, 11) is -4.03. The highest BCUT2D eigenvalue weighted by molar-refractivity contribution is 7.92. The Hall–Kier alpha value is -3.57. The minimum atomic E-state index is -4.03. The third kappa shape index (κ3) is 7.33. The molecule has 0 atom stereocenters. The van der Waals surface area contributed by atoms with Crippen LogP contribution in [0.2, 0.25) is 0 Å². The van der Waals surface area contributed by atoms with E-state index in [1.165, 1.54) is 0 Å². The number of sulfonamides is 1. The number of pyridine rings is 1. The van der Waals surface area contributed by atoms with Gasteiger partial charge >= 0.3 is 0 Å². The first kappa shape index (κ1) is 30.9. The van der Waals surface area contributed by atoms with Gasteiger partial charge in [-0.15, -0.1) is 0 Å². The van der Waals surface area contributed by atoms with Crippen molar-refractivity contribution in [3.8, 4) is 11.3 Å². The van der Waals surface area contributed by atoms with Gasteiger partial charge in [-0.1, -0.05) is 50.0 Å². The average molecular weight is 607 g/mol. The molecular formula is C32H42N6O4S. The summed E-state index contributed by atoms with van der Waals surface area (Å²) in [5.41, 5.74) is 4.48. The zero-order valence-corrected chi connectivity index (χ0v) is 26.4. The SMILES string of the molecule is CCCCc1nc(CCCC)n(Cc2ccc(-c3ncccc3S(=O)(=O)Nc3onc(C)c3C3CC3)c(COCC)c2)n1. The Labute approximate surface area is 254 Å². The second-order valence-corrected chi connectivity index (χ2v) is 12.8. The molecule has 3 aromatic heterocycles. The number of aryl methyl sites for hydroxylation is 3. The molecule has 3 heterocycles. The van der Waals surface area contributed by atoms with Gasteiger partial charge in [0.05, 0.1) is 24.5 Å². The molecule has 0 bridgehead atoms. The standard InChI is InChI=1S/C32H42N6O4S/c1-5-8-12-28-34-29(13-9-6-2)38(35-28)20-23-14-17-26(25(19-23)21-41-7-3)31-27(11-10-18-33-31)43(39,40)37-32-30(24-15-16-24)22(4)36-42-32/h10-11,14,17-19,24,37H,5-9,12-13,15-16,20-21H2,1-4H3. The quantitative estimate of drug-likeness (QED) is 0.152. The van der Waals surface area contributed by atoms with Crippen molar-refractivity contribution in [2.75, 3.05) is 11.3 Å². The van der Waals surface area contributed by atoms with Crippen LogP contribution in [-0.4, -0.2) is 39.9 Å². The van der Waals surface area contributed by atoms with Crippen LogP contribution in [0.1, 0.15) is 99.2 Å². The van der Waals surface area contributed by atoms with Gasteiger partial charge in [0.2, 0.25) is 5.88 Å². The van der Waals surface area contributed by atoms with Gasteiger partial charge in [-0.05, 0) is 68.7 Å². The van der Waals surface area contributed by atoms with Crippen molar-refractivity contribution in [2.45, 2.75) is 103 Å². The number of benzene rings is 1. The van der Waals surface area contributed by atoms with Crippen LogP contribution in [0.25, 0.3) is 11.3 Å². The predicted octanol–water partition coefficient (Wildman–Crippen LogP) is 6.58. The van der Waals surface area contributed by atoms with Crippen LogP contribution in [0.15, 0.2) is 45.9 Å². The molecule has 5 rings (SSSR count). The predicted molar refractivity (Wildman–Crippen MR) is 165 cm³/mol. The van der Waals surface area contributed by atoms with Crippen LogP contribution in [0, 0.1) is 6.92 Å². The Kier molecular flexibility index (Phi) is 9.92. The maximum absolute atomic E-state index is 13.7. The van der Waals surface area contributed by atoms with Crippen molar-refractivity contribution in [3.05, 3.63) is 70.6 Å². The second kappa shape index (κ2) is 13.8. The fourth-order valence-electron chi connectivity index (χ4n) is 5.28. The van der Waals surface area contributed by atoms with Crippen LogP contribution >= 0.6 is 0 Å². The van der Waals surface area contributed by atoms with E-state index >= 15 is 0 Å². The third-order valence-corrected chi connectivity index (χ3v) is 9.06. The summed E-state index contributed by atoms with van der Waals surface area (Å²) in [4.78, 5) is 9.46. The molecule has 0 aliphatic heterocycles. The van der Waals surface area contributed by atoms with Crippen LogP contribution in [0.3, 0.4) is 0 Å². The summed E-state index contributed by atoms with van der Waals surface area (Å²) in [5, 5.41) is 8.86. The lowest BCUT2D eigenvalue weighted by atomic mass is 10.0. The fraction of sp³-hybridized carbons (Fsp3) is 0.500. The summed E-state index contributed by atoms with van der Waals surface area (Å²) >= 11 is 0. The monoisotopic (exact) mass is 606 g/mol. The molecule has 10 nitrogen and oxygen atoms in total. The van der Waals surface area contributed by atoms with Gasteiger partial charge < -0.3 is 9.26 Å². The molecule has 0 amide bonds. The zero-order chi connectivity index (χ0) is 30.4. The van der Waals surface area contributed by atoms with Crippen LogP contribution in [-0.2, 0) is 40.8 Å². The topological polar surface area (TPSA) is 125 Å². The van der Waals surface area contributed by atoms with Gasteiger partial charge in [-0.2, -0.15) is 5.10 Å². The zero-order valence-electron chi connectivity index (χ0n) is 25.6. The Bertz CT molecular complexity index is 1640. The van der Waals surface area contributed by atoms with Crippen molar-refractivity contribution in [1.29, 1.82) is 0 Å². The molecule has 1 aromatic carbocycles. The lowest BCUT2D eigenvalue weighted by Crippen LogP contribution is -2.15. The molecule has 4 aromatic rings. The molecule has 11 heteroatoms. The summed E-state index contributed by atoms with van der Waals surface area (Å²) in [6, 6.07) is 9.19. The number of rotatable bonds is 16. The summed E-state index contributed by atoms with van der Waals surface area (Å²) < 4.78 is 43.4. The van der Waals surface area contributed by atoms with Crippen LogP contribution in [0.5, 0.6) is 0 Å². The normalized spacial score (nSPS) is 13.5. The maximum Gasteiger partial charge on any atom is 0.266 e. The molecule has 1 N–H and O–H groups in total. The van der Waals surface area contributed by atoms with E-state index in [9.17, 15) is 8.42 Å². The molecule has 1 fully saturated rings. The highest BCUT2D eigenvalue weighted by Gasteiger charge is 2.33. The lowest BCUT2D eigenvalue weighted by Gasteiger charge is -2.16. The van der Waals surface area contributed by atoms with E-state index in [0.717, 1.165) is 79.7 Å². The molecule has 0 spiro atoms. The van der Waals surface area contributed by atoms with Gasteiger partial charge in [0.15, 0.2) is 5.82 Å². The number of hydrogen-bond acceptors (Lipinski definition) is 8. The molecule has 1 aliphatic carbocycles. The van der Waals surface area contributed by atoms with Crippen molar-refractivity contribution < 1.29 is 17.7 Å². The lowest BCUT2D eigenvalue weighted by molar-refractivity contribution is 0.134. The fourth-order valence-corrected chi connectivity index (χ4v) is 6.46. The average Bonchev–Trinajstić information content (AvgIpc) is 3.67. The van der Waals surface area contributed by atoms with E-state index in [1.54, 1.807) is 18.3 Å². The highest BCUT2D eigenvalue weighted by Crippen LogP contribution is 2.45. The number of aromatic nitrogens is 5. The number of anilines is 1. The van der Waals surface area contributed by atoms with Gasteiger partial charge in [0.1, 0.15) is 10.7 Å². The van der Waals surface area contributed by atoms with Crippen LogP contribution in [0.4, 0.5) is 5.88 Å². The Balaban J connectivity index is 1.48. The molecule has 0 saturated heterocycles. The van der Waals surface area contributed by atoms with E-state index in [-0.39, 0.29) is 16.7 Å². The number of ether oxygens (including phenoxy) is 1. The van der Waals surface area contributed by atoms with Crippen molar-refractivity contribution in [2.24, 2.45) is 0 Å². The van der Waals surface area contributed by atoms with Gasteiger partial charge in [0.25, 0.3) is 10.0 Å².